The molecule has 400 valence electrons. The van der Waals surface area contributed by atoms with Crippen LogP contribution in [0.3, 0.4) is 0 Å². The Hall–Kier alpha value is -2.92. The first-order valence-electron chi connectivity index (χ1n) is 22.7. The van der Waals surface area contributed by atoms with Gasteiger partial charge in [-0.1, -0.05) is 25.7 Å². The molecule has 0 saturated carbocycles. The number of hydrogen-bond acceptors (Lipinski definition) is 25. The molecule has 0 aromatic carbocycles. The highest BCUT2D eigenvalue weighted by Gasteiger charge is 2.61. The summed E-state index contributed by atoms with van der Waals surface area (Å²) < 4.78 is 51.9. The predicted octanol–water partition coefficient (Wildman–Crippen LogP) is -7.33. The Morgan fingerprint density at radius 1 is 0.652 bits per heavy atom. The van der Waals surface area contributed by atoms with Gasteiger partial charge in [0.05, 0.1) is 45.7 Å². The monoisotopic (exact) mass is 1010 g/mol. The minimum Gasteiger partial charge on any atom is -0.477 e. The Morgan fingerprint density at radius 3 is 1.75 bits per heavy atom. The van der Waals surface area contributed by atoms with Crippen LogP contribution in [0.25, 0.3) is 0 Å². The molecule has 4 aliphatic heterocycles. The molecule has 15 N–H and O–H groups in total. The van der Waals surface area contributed by atoms with E-state index in [1.165, 1.54) is 7.11 Å². The van der Waals surface area contributed by atoms with Crippen molar-refractivity contribution in [1.29, 1.82) is 0 Å². The van der Waals surface area contributed by atoms with E-state index in [0.717, 1.165) is 33.1 Å². The molecule has 4 saturated heterocycles. The summed E-state index contributed by atoms with van der Waals surface area (Å²) in [4.78, 5) is 49.4. The summed E-state index contributed by atoms with van der Waals surface area (Å²) in [5, 5.41) is 144. The number of esters is 1. The molecular formula is C41H70N2O26. The molecule has 21 atom stereocenters. The molecule has 28 nitrogen and oxygen atoms in total. The SMILES string of the molecule is COC(=O)CCCCCCCCOC1OC(CO)C(O[C@@H]2OC(CO)[C@H](O)C(O)C2O)[C@@H](OC2OC(CO)[C@@H](O)C(O[C@]3(C(=O)O)CC(O)[C@@H](NC(C)=O)C(C(O)C(O)CO)O3)C2O)C1NC(C)=O. The highest BCUT2D eigenvalue weighted by molar-refractivity contribution is 5.77. The molecule has 0 aromatic rings. The first kappa shape index (κ1) is 58.6. The summed E-state index contributed by atoms with van der Waals surface area (Å²) in [7, 11) is 1.31. The van der Waals surface area contributed by atoms with E-state index in [0.29, 0.717) is 19.3 Å². The average Bonchev–Trinajstić information content (AvgIpc) is 3.31. The third-order valence-electron chi connectivity index (χ3n) is 12.2. The number of hydrogen-bond donors (Lipinski definition) is 15. The number of nitrogens with one attached hydrogen (secondary N) is 2. The van der Waals surface area contributed by atoms with Crippen molar-refractivity contribution in [3.05, 3.63) is 0 Å². The summed E-state index contributed by atoms with van der Waals surface area (Å²) in [5.74, 6) is -7.03. The number of aliphatic hydroxyl groups excluding tert-OH is 12. The number of rotatable bonds is 25. The van der Waals surface area contributed by atoms with Gasteiger partial charge in [0.2, 0.25) is 11.8 Å². The maximum Gasteiger partial charge on any atom is 0.364 e. The Balaban J connectivity index is 1.70. The van der Waals surface area contributed by atoms with Crippen molar-refractivity contribution >= 4 is 23.8 Å². The van der Waals surface area contributed by atoms with Crippen molar-refractivity contribution in [3.63, 3.8) is 0 Å². The van der Waals surface area contributed by atoms with E-state index in [4.69, 9.17) is 37.9 Å². The van der Waals surface area contributed by atoms with Crippen molar-refractivity contribution in [2.75, 3.05) is 40.1 Å². The number of carboxylic acid groups (broad SMARTS) is 1. The van der Waals surface area contributed by atoms with E-state index in [1.807, 2.05) is 0 Å². The molecule has 2 amide bonds. The normalized spacial score (nSPS) is 39.2. The van der Waals surface area contributed by atoms with Gasteiger partial charge in [-0.15, -0.1) is 0 Å². The van der Waals surface area contributed by atoms with Crippen molar-refractivity contribution in [3.8, 4) is 0 Å². The Bertz CT molecular complexity index is 1620. The molecule has 0 spiro atoms. The highest BCUT2D eigenvalue weighted by Crippen LogP contribution is 2.39. The van der Waals surface area contributed by atoms with Gasteiger partial charge < -0.3 is 120 Å². The number of carbonyl (C=O) groups is 4. The van der Waals surface area contributed by atoms with Crippen molar-refractivity contribution in [2.24, 2.45) is 0 Å². The maximum atomic E-state index is 13.1. The van der Waals surface area contributed by atoms with E-state index >= 15 is 0 Å². The predicted molar refractivity (Wildman–Crippen MR) is 222 cm³/mol. The first-order valence-corrected chi connectivity index (χ1v) is 22.7. The van der Waals surface area contributed by atoms with Gasteiger partial charge in [0.15, 0.2) is 18.9 Å². The van der Waals surface area contributed by atoms with E-state index in [9.17, 15) is 85.6 Å². The zero-order valence-corrected chi connectivity index (χ0v) is 38.4. The van der Waals surface area contributed by atoms with Gasteiger partial charge in [-0.2, -0.15) is 0 Å². The number of aliphatic hydroxyl groups is 12. The Kier molecular flexibility index (Phi) is 23.1. The zero-order valence-electron chi connectivity index (χ0n) is 38.4. The van der Waals surface area contributed by atoms with Gasteiger partial charge in [-0.25, -0.2) is 4.79 Å². The van der Waals surface area contributed by atoms with Gasteiger partial charge in [-0.05, 0) is 12.8 Å². The summed E-state index contributed by atoms with van der Waals surface area (Å²) in [6, 6.07) is -3.15. The second-order valence-corrected chi connectivity index (χ2v) is 17.3. The lowest BCUT2D eigenvalue weighted by Gasteiger charge is -2.51. The molecule has 4 heterocycles. The summed E-state index contributed by atoms with van der Waals surface area (Å²) in [6.07, 6.45) is -31.6. The topological polar surface area (TPSA) is 438 Å². The number of aliphatic carboxylic acids is 1. The minimum atomic E-state index is -3.15. The van der Waals surface area contributed by atoms with Crippen LogP contribution in [-0.4, -0.2) is 259 Å². The van der Waals surface area contributed by atoms with Crippen LogP contribution >= 0.6 is 0 Å². The lowest BCUT2D eigenvalue weighted by Crippen LogP contribution is -2.71. The fourth-order valence-electron chi connectivity index (χ4n) is 8.55. The number of ether oxygens (including phenoxy) is 9. The van der Waals surface area contributed by atoms with Crippen LogP contribution in [0.15, 0.2) is 0 Å². The van der Waals surface area contributed by atoms with Crippen molar-refractivity contribution < 1.29 is 128 Å². The average molecular weight is 1010 g/mol. The second kappa shape index (κ2) is 27.2. The second-order valence-electron chi connectivity index (χ2n) is 17.3. The van der Waals surface area contributed by atoms with Crippen LogP contribution in [0.2, 0.25) is 0 Å². The number of carbonyl (C=O) groups excluding carboxylic acids is 3. The molecule has 0 radical (unpaired) electrons. The smallest absolute Gasteiger partial charge is 0.364 e. The molecule has 0 aromatic heterocycles. The third kappa shape index (κ3) is 14.8. The molecule has 0 bridgehead atoms. The van der Waals surface area contributed by atoms with Crippen molar-refractivity contribution in [1.82, 2.24) is 10.6 Å². The first-order chi connectivity index (χ1) is 32.7. The van der Waals surface area contributed by atoms with E-state index in [2.05, 4.69) is 15.4 Å². The largest absolute Gasteiger partial charge is 0.477 e. The molecule has 0 aliphatic carbocycles. The maximum absolute atomic E-state index is 13.1. The third-order valence-corrected chi connectivity index (χ3v) is 12.2. The van der Waals surface area contributed by atoms with Gasteiger partial charge in [0, 0.05) is 33.3 Å². The molecule has 28 heteroatoms. The fourth-order valence-corrected chi connectivity index (χ4v) is 8.55. The number of amides is 2. The fraction of sp³-hybridized carbons (Fsp3) is 0.902. The Morgan fingerprint density at radius 2 is 1.19 bits per heavy atom. The van der Waals surface area contributed by atoms with Crippen LogP contribution in [0.1, 0.15) is 65.2 Å². The van der Waals surface area contributed by atoms with Gasteiger partial charge >= 0.3 is 11.9 Å². The highest BCUT2D eigenvalue weighted by atomic mass is 16.8. The van der Waals surface area contributed by atoms with Crippen molar-refractivity contribution in [2.45, 2.75) is 194 Å². The standard InChI is InChI=1S/C41H70N2O26/c1-17(48)42-25-19(50)12-41(40(59)60,68-34(25)27(53)20(51)13-44)69-36-29(55)22(15-46)64-39(32(36)58)67-35-26(43-18(2)49)37(62-11-9-7-5-4-6-8-10-24(52)61-3)65-23(16-47)33(35)66-38-31(57)30(56)28(54)21(14-45)63-38/h19-23,25-39,44-47,50-51,53-58H,4-16H2,1-3H3,(H,42,48)(H,43,49)(H,59,60)/t19?,20?,21?,22?,23?,25-,26?,27?,28+,29-,30?,31?,32?,33?,34?,35+,36?,37?,38+,39?,41+/m1/s1. The van der Waals surface area contributed by atoms with Gasteiger partial charge in [-0.3, -0.25) is 14.4 Å². The van der Waals surface area contributed by atoms with Crippen LogP contribution < -0.4 is 10.6 Å². The molecule has 15 unspecified atom stereocenters. The molecular weight excluding hydrogens is 936 g/mol. The molecule has 4 rings (SSSR count). The number of methoxy groups -OCH3 is 1. The molecule has 69 heavy (non-hydrogen) atoms. The van der Waals surface area contributed by atoms with Gasteiger partial charge in [0.1, 0.15) is 91.5 Å². The zero-order chi connectivity index (χ0) is 51.3. The summed E-state index contributed by atoms with van der Waals surface area (Å²) in [6.45, 7) is -1.87. The number of unbranched alkanes of at least 4 members (excludes halogenated alkanes) is 5. The van der Waals surface area contributed by atoms with Crippen LogP contribution in [0, 0.1) is 0 Å². The molecule has 4 fully saturated rings. The molecule has 4 aliphatic rings. The van der Waals surface area contributed by atoms with Gasteiger partial charge in [0.25, 0.3) is 5.79 Å². The lowest BCUT2D eigenvalue weighted by atomic mass is 9.88. The Labute approximate surface area is 395 Å². The van der Waals surface area contributed by atoms with E-state index < -0.39 is 179 Å². The number of carboxylic acids is 1. The van der Waals surface area contributed by atoms with Crippen LogP contribution in [0.5, 0.6) is 0 Å². The quantitative estimate of drug-likeness (QED) is 0.0298. The summed E-state index contributed by atoms with van der Waals surface area (Å²) in [5.41, 5.74) is 0. The van der Waals surface area contributed by atoms with E-state index in [-0.39, 0.29) is 19.0 Å². The summed E-state index contributed by atoms with van der Waals surface area (Å²) >= 11 is 0. The van der Waals surface area contributed by atoms with E-state index in [1.54, 1.807) is 0 Å². The minimum absolute atomic E-state index is 0.0137. The lowest BCUT2D eigenvalue weighted by molar-refractivity contribution is -0.391. The van der Waals surface area contributed by atoms with Crippen LogP contribution in [-0.2, 0) is 61.8 Å². The van der Waals surface area contributed by atoms with Crippen LogP contribution in [0.4, 0.5) is 0 Å².